The summed E-state index contributed by atoms with van der Waals surface area (Å²) in [5.41, 5.74) is 1.39. The number of aromatic carboxylic acids is 1. The van der Waals surface area contributed by atoms with Crippen LogP contribution in [0.3, 0.4) is 0 Å². The monoisotopic (exact) mass is 588 g/mol. The van der Waals surface area contributed by atoms with Crippen LogP contribution in [0.2, 0.25) is 0 Å². The molecule has 4 heterocycles. The van der Waals surface area contributed by atoms with Crippen LogP contribution in [0.1, 0.15) is 59.7 Å². The Balaban J connectivity index is 1.08. The van der Waals surface area contributed by atoms with E-state index >= 15 is 0 Å². The number of halogens is 4. The van der Waals surface area contributed by atoms with Crippen molar-refractivity contribution in [3.63, 3.8) is 0 Å². The second kappa shape index (κ2) is 9.69. The predicted octanol–water partition coefficient (Wildman–Crippen LogP) is 6.46. The van der Waals surface area contributed by atoms with Gasteiger partial charge in [0.25, 0.3) is 0 Å². The predicted molar refractivity (Wildman–Crippen MR) is 142 cm³/mol. The minimum atomic E-state index is -4.83. The van der Waals surface area contributed by atoms with Crippen molar-refractivity contribution in [2.45, 2.75) is 69.1 Å². The summed E-state index contributed by atoms with van der Waals surface area (Å²) in [6.45, 7) is 0.388. The van der Waals surface area contributed by atoms with Crippen molar-refractivity contribution in [2.75, 3.05) is 4.90 Å². The fourth-order valence-electron chi connectivity index (χ4n) is 6.06. The zero-order valence-corrected chi connectivity index (χ0v) is 22.3. The van der Waals surface area contributed by atoms with E-state index in [0.717, 1.165) is 43.7 Å². The number of carboxylic acid groups (broad SMARTS) is 1. The molecule has 0 spiro atoms. The standard InChI is InChI=1S/C28H24F4N4O4S/c29-20-7-14(26(37)38)8-22-24(20)34-27(41-22)36-16-9-15(10-17(36)11-16)33-12-19-23(35-40-25(19)13-5-6-13)18-3-1-2-4-21(18)39-28(30,31)32/h1-4,7-8,13,15-17,33H,5-6,9-12H2,(H,37,38). The SMILES string of the molecule is O=C(O)c1cc(F)c2nc(N3C4CC(NCc5c(-c6ccccc6OC(F)(F)F)noc5C5CC5)CC3C4)sc2c1. The van der Waals surface area contributed by atoms with Crippen LogP contribution in [0, 0.1) is 5.82 Å². The highest BCUT2D eigenvalue weighted by atomic mass is 32.1. The largest absolute Gasteiger partial charge is 0.573 e. The van der Waals surface area contributed by atoms with Gasteiger partial charge in [0.2, 0.25) is 0 Å². The maximum Gasteiger partial charge on any atom is 0.573 e. The molecule has 2 unspecified atom stereocenters. The second-order valence-corrected chi connectivity index (χ2v) is 11.8. The molecule has 214 valence electrons. The summed E-state index contributed by atoms with van der Waals surface area (Å²) in [6.07, 6.45) is -0.348. The number of fused-ring (bicyclic) bond motifs is 3. The van der Waals surface area contributed by atoms with Crippen molar-refractivity contribution in [3.8, 4) is 17.0 Å². The molecule has 4 fully saturated rings. The summed E-state index contributed by atoms with van der Waals surface area (Å²) >= 11 is 1.29. The normalized spacial score (nSPS) is 22.1. The van der Waals surface area contributed by atoms with Crippen molar-refractivity contribution in [2.24, 2.45) is 0 Å². The average Bonchev–Trinajstić information content (AvgIpc) is 3.53. The van der Waals surface area contributed by atoms with Gasteiger partial charge in [0.1, 0.15) is 22.7 Å². The van der Waals surface area contributed by atoms with E-state index in [9.17, 15) is 27.5 Å². The van der Waals surface area contributed by atoms with E-state index in [4.69, 9.17) is 4.52 Å². The van der Waals surface area contributed by atoms with Gasteiger partial charge in [0.05, 0.1) is 10.3 Å². The Morgan fingerprint density at radius 3 is 2.63 bits per heavy atom. The van der Waals surface area contributed by atoms with Crippen LogP contribution < -0.4 is 15.0 Å². The molecule has 2 atom stereocenters. The first-order valence-electron chi connectivity index (χ1n) is 13.3. The van der Waals surface area contributed by atoms with Gasteiger partial charge in [-0.25, -0.2) is 14.2 Å². The number of nitrogens with zero attached hydrogens (tertiary/aromatic N) is 3. The molecule has 41 heavy (non-hydrogen) atoms. The summed E-state index contributed by atoms with van der Waals surface area (Å²) < 4.78 is 64.2. The molecule has 2 bridgehead atoms. The van der Waals surface area contributed by atoms with Crippen molar-refractivity contribution in [1.29, 1.82) is 0 Å². The molecule has 4 aromatic rings. The van der Waals surface area contributed by atoms with Crippen LogP contribution in [0.25, 0.3) is 21.5 Å². The van der Waals surface area contributed by atoms with Gasteiger partial charge in [0, 0.05) is 41.7 Å². The number of anilines is 1. The first kappa shape index (κ1) is 26.2. The van der Waals surface area contributed by atoms with Crippen LogP contribution in [-0.2, 0) is 6.54 Å². The molecule has 2 aliphatic carbocycles. The molecular weight excluding hydrogens is 564 g/mol. The molecule has 0 amide bonds. The first-order valence-corrected chi connectivity index (χ1v) is 14.1. The van der Waals surface area contributed by atoms with E-state index in [-0.39, 0.29) is 46.4 Å². The molecular formula is C28H24F4N4O4S. The van der Waals surface area contributed by atoms with Gasteiger partial charge in [0.15, 0.2) is 10.9 Å². The number of thiazole rings is 1. The third-order valence-corrected chi connectivity index (χ3v) is 9.07. The summed E-state index contributed by atoms with van der Waals surface area (Å²) in [4.78, 5) is 18.0. The van der Waals surface area contributed by atoms with Crippen LogP contribution in [-0.4, -0.2) is 45.7 Å². The lowest BCUT2D eigenvalue weighted by molar-refractivity contribution is -0.274. The average molecular weight is 589 g/mol. The molecule has 8 rings (SSSR count). The fraction of sp³-hybridized carbons (Fsp3) is 0.393. The van der Waals surface area contributed by atoms with Gasteiger partial charge in [-0.3, -0.25) is 0 Å². The minimum absolute atomic E-state index is 0.107. The molecule has 4 aliphatic rings. The quantitative estimate of drug-likeness (QED) is 0.226. The summed E-state index contributed by atoms with van der Waals surface area (Å²) in [6, 6.07) is 8.92. The third kappa shape index (κ3) is 4.90. The Morgan fingerprint density at radius 2 is 1.93 bits per heavy atom. The summed E-state index contributed by atoms with van der Waals surface area (Å²) in [5, 5.41) is 17.7. The Bertz CT molecular complexity index is 1640. The van der Waals surface area contributed by atoms with Gasteiger partial charge in [-0.1, -0.05) is 28.6 Å². The number of benzene rings is 2. The second-order valence-electron chi connectivity index (χ2n) is 10.8. The summed E-state index contributed by atoms with van der Waals surface area (Å²) in [5.74, 6) is -1.25. The topological polar surface area (TPSA) is 101 Å². The number of nitrogens with one attached hydrogen (secondary N) is 1. The molecule has 8 nitrogen and oxygen atoms in total. The number of para-hydroxylation sites is 1. The molecule has 2 N–H and O–H groups in total. The number of carboxylic acids is 1. The van der Waals surface area contributed by atoms with Crippen LogP contribution in [0.4, 0.5) is 22.7 Å². The molecule has 2 saturated heterocycles. The van der Waals surface area contributed by atoms with Crippen molar-refractivity contribution in [3.05, 3.63) is 59.1 Å². The minimum Gasteiger partial charge on any atom is -0.478 e. The number of hydrogen-bond acceptors (Lipinski definition) is 8. The molecule has 2 aromatic heterocycles. The van der Waals surface area contributed by atoms with E-state index in [1.807, 2.05) is 0 Å². The van der Waals surface area contributed by atoms with Gasteiger partial charge < -0.3 is 24.6 Å². The fourth-order valence-corrected chi connectivity index (χ4v) is 7.22. The maximum atomic E-state index is 14.5. The number of hydrogen-bond donors (Lipinski definition) is 2. The van der Waals surface area contributed by atoms with Crippen LogP contribution in [0.15, 0.2) is 40.9 Å². The Morgan fingerprint density at radius 1 is 1.17 bits per heavy atom. The number of aromatic nitrogens is 2. The molecule has 2 aliphatic heterocycles. The zero-order valence-electron chi connectivity index (χ0n) is 21.4. The van der Waals surface area contributed by atoms with Gasteiger partial charge >= 0.3 is 12.3 Å². The van der Waals surface area contributed by atoms with E-state index < -0.39 is 18.1 Å². The number of rotatable bonds is 8. The van der Waals surface area contributed by atoms with Crippen molar-refractivity contribution in [1.82, 2.24) is 15.5 Å². The van der Waals surface area contributed by atoms with E-state index in [1.165, 1.54) is 29.5 Å². The Labute approximate surface area is 234 Å². The van der Waals surface area contributed by atoms with Crippen molar-refractivity contribution >= 4 is 32.7 Å². The maximum absolute atomic E-state index is 14.5. The highest BCUT2D eigenvalue weighted by molar-refractivity contribution is 7.22. The van der Waals surface area contributed by atoms with E-state index in [0.29, 0.717) is 27.8 Å². The zero-order chi connectivity index (χ0) is 28.5. The van der Waals surface area contributed by atoms with Gasteiger partial charge in [-0.05, 0) is 56.4 Å². The molecule has 2 saturated carbocycles. The van der Waals surface area contributed by atoms with Gasteiger partial charge in [-0.2, -0.15) is 0 Å². The number of piperidine rings is 1. The molecule has 0 radical (unpaired) electrons. The number of ether oxygens (including phenoxy) is 1. The lowest BCUT2D eigenvalue weighted by atomic mass is 9.77. The van der Waals surface area contributed by atoms with E-state index in [1.54, 1.807) is 12.1 Å². The first-order chi connectivity index (χ1) is 19.6. The Kier molecular flexibility index (Phi) is 6.19. The highest BCUT2D eigenvalue weighted by Gasteiger charge is 2.47. The van der Waals surface area contributed by atoms with Crippen LogP contribution in [0.5, 0.6) is 5.75 Å². The Hall–Kier alpha value is -3.71. The number of alkyl halides is 3. The smallest absolute Gasteiger partial charge is 0.478 e. The lowest BCUT2D eigenvalue weighted by Gasteiger charge is -2.55. The van der Waals surface area contributed by atoms with Gasteiger partial charge in [-0.15, -0.1) is 13.2 Å². The van der Waals surface area contributed by atoms with E-state index in [2.05, 4.69) is 25.1 Å². The lowest BCUT2D eigenvalue weighted by Crippen LogP contribution is -2.64. The van der Waals surface area contributed by atoms with Crippen LogP contribution >= 0.6 is 11.3 Å². The highest BCUT2D eigenvalue weighted by Crippen LogP contribution is 2.47. The summed E-state index contributed by atoms with van der Waals surface area (Å²) in [7, 11) is 0. The van der Waals surface area contributed by atoms with Crippen molar-refractivity contribution < 1.29 is 36.7 Å². The third-order valence-electron chi connectivity index (χ3n) is 8.05. The number of carbonyl (C=O) groups is 1. The molecule has 2 aromatic carbocycles. The molecule has 13 heteroatoms.